The van der Waals surface area contributed by atoms with E-state index in [4.69, 9.17) is 28.6 Å². The minimum Gasteiger partial charge on any atom is -0.488 e. The third kappa shape index (κ3) is 5.67. The molecule has 1 aliphatic heterocycles. The Morgan fingerprint density at radius 1 is 1.03 bits per heavy atom. The van der Waals surface area contributed by atoms with Crippen molar-refractivity contribution < 1.29 is 9.53 Å². The number of carbonyl (C=O) groups excluding carboxylic acids is 1. The van der Waals surface area contributed by atoms with Gasteiger partial charge in [0.05, 0.1) is 10.6 Å². The number of hydrogen-bond acceptors (Lipinski definition) is 4. The number of para-hydroxylation sites is 1. The van der Waals surface area contributed by atoms with Crippen LogP contribution in [0.2, 0.25) is 5.02 Å². The molecule has 3 aromatic carbocycles. The van der Waals surface area contributed by atoms with Crippen LogP contribution in [0.1, 0.15) is 36.5 Å². The van der Waals surface area contributed by atoms with Gasteiger partial charge in [0.15, 0.2) is 4.32 Å². The van der Waals surface area contributed by atoms with Crippen LogP contribution in [0.25, 0.3) is 6.08 Å². The van der Waals surface area contributed by atoms with Gasteiger partial charge in [0, 0.05) is 16.1 Å². The fourth-order valence-electron chi connectivity index (χ4n) is 3.53. The van der Waals surface area contributed by atoms with Gasteiger partial charge in [-0.25, -0.2) is 0 Å². The maximum atomic E-state index is 13.2. The maximum absolute atomic E-state index is 13.2. The molecule has 0 radical (unpaired) electrons. The predicted molar refractivity (Wildman–Crippen MR) is 143 cm³/mol. The van der Waals surface area contributed by atoms with Gasteiger partial charge in [-0.15, -0.1) is 0 Å². The third-order valence-electron chi connectivity index (χ3n) is 5.35. The van der Waals surface area contributed by atoms with E-state index in [1.54, 1.807) is 4.90 Å². The minimum atomic E-state index is -0.118. The van der Waals surface area contributed by atoms with Crippen LogP contribution in [-0.2, 0) is 17.8 Å². The smallest absolute Gasteiger partial charge is 0.270 e. The van der Waals surface area contributed by atoms with Gasteiger partial charge in [0.1, 0.15) is 12.4 Å². The first-order chi connectivity index (χ1) is 16.1. The number of halogens is 1. The Bertz CT molecular complexity index is 1190. The van der Waals surface area contributed by atoms with Crippen LogP contribution < -0.4 is 9.64 Å². The summed E-state index contributed by atoms with van der Waals surface area (Å²) in [6.45, 7) is 2.52. The van der Waals surface area contributed by atoms with Crippen molar-refractivity contribution in [1.29, 1.82) is 0 Å². The lowest BCUT2D eigenvalue weighted by Crippen LogP contribution is -2.27. The van der Waals surface area contributed by atoms with Crippen molar-refractivity contribution in [3.05, 3.63) is 99.4 Å². The van der Waals surface area contributed by atoms with Gasteiger partial charge in [0.25, 0.3) is 5.91 Å². The topological polar surface area (TPSA) is 29.5 Å². The molecule has 168 valence electrons. The fourth-order valence-corrected chi connectivity index (χ4v) is 5.01. The molecule has 3 aromatic rings. The van der Waals surface area contributed by atoms with Crippen LogP contribution in [0, 0.1) is 0 Å². The number of anilines is 1. The molecule has 0 unspecified atom stereocenters. The number of aryl methyl sites for hydroxylation is 1. The minimum absolute atomic E-state index is 0.118. The highest BCUT2D eigenvalue weighted by atomic mass is 35.5. The van der Waals surface area contributed by atoms with Crippen molar-refractivity contribution in [3.8, 4) is 5.75 Å². The molecule has 1 fully saturated rings. The van der Waals surface area contributed by atoms with Gasteiger partial charge in [-0.1, -0.05) is 97.5 Å². The molecule has 1 amide bonds. The van der Waals surface area contributed by atoms with Crippen LogP contribution in [0.4, 0.5) is 5.69 Å². The first-order valence-electron chi connectivity index (χ1n) is 10.9. The van der Waals surface area contributed by atoms with Gasteiger partial charge in [-0.3, -0.25) is 9.69 Å². The molecule has 0 spiro atoms. The number of thiocarbonyl (C=S) groups is 1. The molecular formula is C27H24ClNO2S2. The summed E-state index contributed by atoms with van der Waals surface area (Å²) in [5, 5.41) is 0.663. The first-order valence-corrected chi connectivity index (χ1v) is 12.5. The highest BCUT2D eigenvalue weighted by molar-refractivity contribution is 8.27. The third-order valence-corrected chi connectivity index (χ3v) is 7.02. The highest BCUT2D eigenvalue weighted by Crippen LogP contribution is 2.37. The zero-order chi connectivity index (χ0) is 23.2. The number of rotatable bonds is 8. The van der Waals surface area contributed by atoms with Crippen LogP contribution >= 0.6 is 35.6 Å². The summed E-state index contributed by atoms with van der Waals surface area (Å²) in [5.41, 5.74) is 3.79. The van der Waals surface area contributed by atoms with E-state index >= 15 is 0 Å². The molecule has 1 heterocycles. The molecule has 33 heavy (non-hydrogen) atoms. The molecule has 0 aromatic heterocycles. The quantitative estimate of drug-likeness (QED) is 0.238. The average Bonchev–Trinajstić information content (AvgIpc) is 3.11. The Morgan fingerprint density at radius 2 is 1.76 bits per heavy atom. The van der Waals surface area contributed by atoms with Gasteiger partial charge < -0.3 is 4.74 Å². The fraction of sp³-hybridized carbons (Fsp3) is 0.185. The lowest BCUT2D eigenvalue weighted by molar-refractivity contribution is -0.113. The van der Waals surface area contributed by atoms with Gasteiger partial charge >= 0.3 is 0 Å². The number of amides is 1. The van der Waals surface area contributed by atoms with E-state index in [-0.39, 0.29) is 5.91 Å². The molecule has 0 N–H and O–H groups in total. The van der Waals surface area contributed by atoms with E-state index in [0.29, 0.717) is 26.6 Å². The largest absolute Gasteiger partial charge is 0.488 e. The van der Waals surface area contributed by atoms with Crippen molar-refractivity contribution in [2.75, 3.05) is 4.90 Å². The van der Waals surface area contributed by atoms with E-state index < -0.39 is 0 Å². The van der Waals surface area contributed by atoms with Crippen LogP contribution in [0.15, 0.2) is 77.7 Å². The molecule has 0 aliphatic carbocycles. The SMILES string of the molecule is CCCCc1ccc(N2C(=O)C(=Cc3ccccc3OCc3ccccc3Cl)SC2=S)cc1. The number of benzene rings is 3. The summed E-state index contributed by atoms with van der Waals surface area (Å²) in [5.74, 6) is 0.565. The first kappa shape index (κ1) is 23.6. The Balaban J connectivity index is 1.52. The molecule has 3 nitrogen and oxygen atoms in total. The molecule has 1 aliphatic rings. The Hall–Kier alpha value is -2.60. The van der Waals surface area contributed by atoms with Crippen LogP contribution in [0.3, 0.4) is 0 Å². The van der Waals surface area contributed by atoms with E-state index in [9.17, 15) is 4.79 Å². The summed E-state index contributed by atoms with van der Waals surface area (Å²) in [6, 6.07) is 23.3. The second-order valence-corrected chi connectivity index (χ2v) is 9.79. The second-order valence-electron chi connectivity index (χ2n) is 7.71. The number of hydrogen-bond donors (Lipinski definition) is 0. The molecule has 6 heteroatoms. The van der Waals surface area contributed by atoms with E-state index in [0.717, 1.165) is 36.1 Å². The average molecular weight is 494 g/mol. The normalized spacial score (nSPS) is 14.8. The Labute approximate surface area is 209 Å². The summed E-state index contributed by atoms with van der Waals surface area (Å²) >= 11 is 13.1. The number of unbranched alkanes of at least 4 members (excludes halogenated alkanes) is 1. The molecule has 4 rings (SSSR count). The zero-order valence-electron chi connectivity index (χ0n) is 18.3. The van der Waals surface area contributed by atoms with E-state index in [1.165, 1.54) is 17.3 Å². The lowest BCUT2D eigenvalue weighted by Gasteiger charge is -2.15. The van der Waals surface area contributed by atoms with E-state index in [2.05, 4.69) is 19.1 Å². The summed E-state index contributed by atoms with van der Waals surface area (Å²) in [7, 11) is 0. The standard InChI is InChI=1S/C27H24ClNO2S2/c1-2-3-8-19-13-15-22(16-14-19)29-26(30)25(33-27(29)32)17-20-9-5-7-12-24(20)31-18-21-10-4-6-11-23(21)28/h4-7,9-17H,2-3,8,18H2,1H3. The zero-order valence-corrected chi connectivity index (χ0v) is 20.7. The van der Waals surface area contributed by atoms with Gasteiger partial charge in [-0.2, -0.15) is 0 Å². The second kappa shape index (κ2) is 11.0. The van der Waals surface area contributed by atoms with Crippen molar-refractivity contribution in [2.24, 2.45) is 0 Å². The summed E-state index contributed by atoms with van der Waals surface area (Å²) in [6.07, 6.45) is 5.20. The molecule has 0 atom stereocenters. The Morgan fingerprint density at radius 3 is 2.52 bits per heavy atom. The Kier molecular flexibility index (Phi) is 7.86. The highest BCUT2D eigenvalue weighted by Gasteiger charge is 2.33. The number of thioether (sulfide) groups is 1. The monoisotopic (exact) mass is 493 g/mol. The van der Waals surface area contributed by atoms with Crippen molar-refractivity contribution in [3.63, 3.8) is 0 Å². The lowest BCUT2D eigenvalue weighted by atomic mass is 10.1. The molecule has 0 saturated carbocycles. The maximum Gasteiger partial charge on any atom is 0.270 e. The van der Waals surface area contributed by atoms with Crippen molar-refractivity contribution >= 4 is 57.6 Å². The number of carbonyl (C=O) groups is 1. The van der Waals surface area contributed by atoms with Gasteiger partial charge in [-0.05, 0) is 48.7 Å². The molecule has 0 bridgehead atoms. The predicted octanol–water partition coefficient (Wildman–Crippen LogP) is 7.67. The number of nitrogens with zero attached hydrogens (tertiary/aromatic N) is 1. The molecule has 1 saturated heterocycles. The van der Waals surface area contributed by atoms with Crippen LogP contribution in [-0.4, -0.2) is 10.2 Å². The van der Waals surface area contributed by atoms with Crippen molar-refractivity contribution in [2.45, 2.75) is 32.8 Å². The van der Waals surface area contributed by atoms with Gasteiger partial charge in [0.2, 0.25) is 0 Å². The molecular weight excluding hydrogens is 470 g/mol. The van der Waals surface area contributed by atoms with E-state index in [1.807, 2.05) is 66.7 Å². The number of ether oxygens (including phenoxy) is 1. The summed E-state index contributed by atoms with van der Waals surface area (Å²) < 4.78 is 6.57. The van der Waals surface area contributed by atoms with Crippen LogP contribution in [0.5, 0.6) is 5.75 Å². The summed E-state index contributed by atoms with van der Waals surface area (Å²) in [4.78, 5) is 15.4. The van der Waals surface area contributed by atoms with Crippen molar-refractivity contribution in [1.82, 2.24) is 0 Å².